The number of hydrogen-bond acceptors (Lipinski definition) is 1. The Balaban J connectivity index is 2.16. The summed E-state index contributed by atoms with van der Waals surface area (Å²) in [4.78, 5) is 0. The van der Waals surface area contributed by atoms with Gasteiger partial charge in [0, 0.05) is 6.61 Å². The van der Waals surface area contributed by atoms with Crippen LogP contribution in [-0.4, -0.2) is 14.9 Å². The Hall–Kier alpha value is -0.673. The highest BCUT2D eigenvalue weighted by Gasteiger charge is 2.20. The highest BCUT2D eigenvalue weighted by atomic mass is 28.4. The first kappa shape index (κ1) is 15.4. The molecule has 0 fully saturated rings. The standard InChI is InChI=1S/C15H25FOSi/c1-4-17-18(2,3)12-7-5-6-9-14-10-8-11-15(16)13-14/h8,10-11,13H,4-7,9,12H2,1-3H3. The molecule has 1 rings (SSSR count). The van der Waals surface area contributed by atoms with Crippen LogP contribution in [0.2, 0.25) is 19.1 Å². The third kappa shape index (κ3) is 6.31. The Kier molecular flexibility index (Phi) is 6.58. The molecule has 1 nitrogen and oxygen atoms in total. The molecule has 1 aromatic rings. The summed E-state index contributed by atoms with van der Waals surface area (Å²) in [6, 6.07) is 8.15. The summed E-state index contributed by atoms with van der Waals surface area (Å²) in [6.45, 7) is 7.47. The molecule has 0 aliphatic carbocycles. The summed E-state index contributed by atoms with van der Waals surface area (Å²) < 4.78 is 18.8. The summed E-state index contributed by atoms with van der Waals surface area (Å²) in [5.41, 5.74) is 1.11. The van der Waals surface area contributed by atoms with E-state index in [0.29, 0.717) is 0 Å². The second-order valence-electron chi connectivity index (χ2n) is 5.38. The minimum absolute atomic E-state index is 0.127. The van der Waals surface area contributed by atoms with Crippen molar-refractivity contribution in [2.75, 3.05) is 6.61 Å². The maximum atomic E-state index is 13.0. The normalized spacial score (nSPS) is 11.8. The zero-order valence-corrected chi connectivity index (χ0v) is 12.8. The van der Waals surface area contributed by atoms with E-state index in [9.17, 15) is 4.39 Å². The number of rotatable bonds is 8. The van der Waals surface area contributed by atoms with E-state index in [1.54, 1.807) is 12.1 Å². The van der Waals surface area contributed by atoms with Crippen LogP contribution in [0.1, 0.15) is 31.7 Å². The van der Waals surface area contributed by atoms with Crippen LogP contribution in [-0.2, 0) is 10.8 Å². The Morgan fingerprint density at radius 2 is 1.94 bits per heavy atom. The van der Waals surface area contributed by atoms with Gasteiger partial charge in [0.2, 0.25) is 0 Å². The van der Waals surface area contributed by atoms with Crippen molar-refractivity contribution >= 4 is 8.32 Å². The number of unbranched alkanes of at least 4 members (excludes halogenated alkanes) is 2. The summed E-state index contributed by atoms with van der Waals surface area (Å²) in [5.74, 6) is -0.127. The molecule has 0 bridgehead atoms. The molecule has 0 unspecified atom stereocenters. The van der Waals surface area contributed by atoms with Crippen LogP contribution in [0.4, 0.5) is 4.39 Å². The molecular weight excluding hydrogens is 243 g/mol. The van der Waals surface area contributed by atoms with Crippen molar-refractivity contribution in [3.8, 4) is 0 Å². The minimum atomic E-state index is -1.40. The van der Waals surface area contributed by atoms with Gasteiger partial charge >= 0.3 is 0 Å². The van der Waals surface area contributed by atoms with E-state index in [-0.39, 0.29) is 5.82 Å². The molecule has 0 aliphatic heterocycles. The van der Waals surface area contributed by atoms with Crippen LogP contribution in [0.15, 0.2) is 24.3 Å². The number of benzene rings is 1. The molecule has 3 heteroatoms. The third-order valence-corrected chi connectivity index (χ3v) is 5.80. The second-order valence-corrected chi connectivity index (χ2v) is 9.69. The van der Waals surface area contributed by atoms with E-state index < -0.39 is 8.32 Å². The van der Waals surface area contributed by atoms with Gasteiger partial charge in [0.25, 0.3) is 0 Å². The van der Waals surface area contributed by atoms with Gasteiger partial charge in [-0.1, -0.05) is 25.0 Å². The van der Waals surface area contributed by atoms with Gasteiger partial charge in [0.15, 0.2) is 8.32 Å². The Morgan fingerprint density at radius 3 is 2.61 bits per heavy atom. The largest absolute Gasteiger partial charge is 0.418 e. The fourth-order valence-electron chi connectivity index (χ4n) is 2.21. The van der Waals surface area contributed by atoms with Crippen molar-refractivity contribution in [3.63, 3.8) is 0 Å². The van der Waals surface area contributed by atoms with Crippen molar-refractivity contribution in [1.82, 2.24) is 0 Å². The van der Waals surface area contributed by atoms with E-state index in [2.05, 4.69) is 20.0 Å². The SMILES string of the molecule is CCO[Si](C)(C)CCCCCc1cccc(F)c1. The van der Waals surface area contributed by atoms with E-state index >= 15 is 0 Å². The fourth-order valence-corrected chi connectivity index (χ4v) is 4.24. The van der Waals surface area contributed by atoms with Crippen LogP contribution in [0, 0.1) is 5.82 Å². The molecule has 0 heterocycles. The van der Waals surface area contributed by atoms with Gasteiger partial charge in [-0.25, -0.2) is 4.39 Å². The molecule has 1 aromatic carbocycles. The zero-order chi connectivity index (χ0) is 13.4. The van der Waals surface area contributed by atoms with E-state index in [1.165, 1.54) is 25.0 Å². The summed E-state index contributed by atoms with van der Waals surface area (Å²) >= 11 is 0. The molecule has 0 amide bonds. The minimum Gasteiger partial charge on any atom is -0.418 e. The molecule has 102 valence electrons. The summed E-state index contributed by atoms with van der Waals surface area (Å²) in [7, 11) is -1.40. The quantitative estimate of drug-likeness (QED) is 0.487. The van der Waals surface area contributed by atoms with Crippen molar-refractivity contribution in [1.29, 1.82) is 0 Å². The van der Waals surface area contributed by atoms with E-state index in [4.69, 9.17) is 4.43 Å². The van der Waals surface area contributed by atoms with Crippen LogP contribution in [0.3, 0.4) is 0 Å². The van der Waals surface area contributed by atoms with Gasteiger partial charge in [-0.15, -0.1) is 0 Å². The highest BCUT2D eigenvalue weighted by Crippen LogP contribution is 2.17. The topological polar surface area (TPSA) is 9.23 Å². The molecule has 0 spiro atoms. The maximum absolute atomic E-state index is 13.0. The molecule has 0 saturated heterocycles. The first-order chi connectivity index (χ1) is 8.53. The van der Waals surface area contributed by atoms with E-state index in [1.807, 2.05) is 6.07 Å². The lowest BCUT2D eigenvalue weighted by Crippen LogP contribution is -2.29. The van der Waals surface area contributed by atoms with E-state index in [0.717, 1.165) is 25.0 Å². The first-order valence-electron chi connectivity index (χ1n) is 6.92. The molecule has 18 heavy (non-hydrogen) atoms. The monoisotopic (exact) mass is 268 g/mol. The van der Waals surface area contributed by atoms with Crippen LogP contribution in [0.25, 0.3) is 0 Å². The lowest BCUT2D eigenvalue weighted by Gasteiger charge is -2.21. The molecule has 0 atom stereocenters. The van der Waals surface area contributed by atoms with Crippen LogP contribution < -0.4 is 0 Å². The third-order valence-electron chi connectivity index (χ3n) is 3.17. The summed E-state index contributed by atoms with van der Waals surface area (Å²) in [5, 5.41) is 0. The van der Waals surface area contributed by atoms with Gasteiger partial charge in [0.05, 0.1) is 0 Å². The molecule has 0 aromatic heterocycles. The highest BCUT2D eigenvalue weighted by molar-refractivity contribution is 6.71. The Labute approximate surface area is 111 Å². The van der Waals surface area contributed by atoms with Gasteiger partial charge in [-0.3, -0.25) is 0 Å². The average molecular weight is 268 g/mol. The van der Waals surface area contributed by atoms with Gasteiger partial charge in [-0.05, 0) is 56.6 Å². The molecule has 0 radical (unpaired) electrons. The number of hydrogen-bond donors (Lipinski definition) is 0. The summed E-state index contributed by atoms with van der Waals surface area (Å²) in [6.07, 6.45) is 4.56. The predicted octanol–water partition coefficient (Wildman–Crippen LogP) is 4.78. The zero-order valence-electron chi connectivity index (χ0n) is 11.8. The fraction of sp³-hybridized carbons (Fsp3) is 0.600. The molecule has 0 aliphatic rings. The number of halogens is 1. The van der Waals surface area contributed by atoms with Gasteiger partial charge < -0.3 is 4.43 Å². The van der Waals surface area contributed by atoms with Gasteiger partial charge in [0.1, 0.15) is 5.82 Å². The van der Waals surface area contributed by atoms with Crippen LogP contribution >= 0.6 is 0 Å². The predicted molar refractivity (Wildman–Crippen MR) is 77.9 cm³/mol. The molecular formula is C15H25FOSi. The smallest absolute Gasteiger partial charge is 0.186 e. The van der Waals surface area contributed by atoms with Crippen LogP contribution in [0.5, 0.6) is 0 Å². The van der Waals surface area contributed by atoms with Crippen molar-refractivity contribution in [2.45, 2.75) is 51.7 Å². The Morgan fingerprint density at radius 1 is 1.17 bits per heavy atom. The van der Waals surface area contributed by atoms with Crippen molar-refractivity contribution in [2.24, 2.45) is 0 Å². The number of aryl methyl sites for hydroxylation is 1. The lowest BCUT2D eigenvalue weighted by atomic mass is 10.1. The maximum Gasteiger partial charge on any atom is 0.186 e. The van der Waals surface area contributed by atoms with Crippen molar-refractivity contribution < 1.29 is 8.82 Å². The van der Waals surface area contributed by atoms with Crippen molar-refractivity contribution in [3.05, 3.63) is 35.6 Å². The lowest BCUT2D eigenvalue weighted by molar-refractivity contribution is 0.327. The average Bonchev–Trinajstić information content (AvgIpc) is 2.28. The van der Waals surface area contributed by atoms with Gasteiger partial charge in [-0.2, -0.15) is 0 Å². The first-order valence-corrected chi connectivity index (χ1v) is 10.0. The molecule has 0 saturated carbocycles. The Bertz CT molecular complexity index is 352. The molecule has 0 N–H and O–H groups in total. The second kappa shape index (κ2) is 7.69.